The van der Waals surface area contributed by atoms with E-state index in [4.69, 9.17) is 4.74 Å². The first-order valence-corrected chi connectivity index (χ1v) is 9.25. The van der Waals surface area contributed by atoms with Gasteiger partial charge in [0, 0.05) is 12.1 Å². The van der Waals surface area contributed by atoms with Crippen LogP contribution in [0.25, 0.3) is 11.0 Å². The predicted octanol–water partition coefficient (Wildman–Crippen LogP) is 4.36. The summed E-state index contributed by atoms with van der Waals surface area (Å²) >= 11 is 0. The lowest BCUT2D eigenvalue weighted by molar-refractivity contribution is -0.137. The van der Waals surface area contributed by atoms with Gasteiger partial charge in [0.15, 0.2) is 0 Å². The Hall–Kier alpha value is -2.45. The molecule has 0 spiro atoms. The third kappa shape index (κ3) is 4.51. The zero-order valence-electron chi connectivity index (χ0n) is 16.0. The van der Waals surface area contributed by atoms with E-state index in [-0.39, 0.29) is 17.6 Å². The van der Waals surface area contributed by atoms with E-state index in [0.29, 0.717) is 31.2 Å². The number of nitrogens with zero attached hydrogens (tertiary/aromatic N) is 1. The fourth-order valence-corrected chi connectivity index (χ4v) is 3.62. The highest BCUT2D eigenvalue weighted by Gasteiger charge is 2.32. The van der Waals surface area contributed by atoms with Crippen molar-refractivity contribution in [2.24, 2.45) is 0 Å². The first kappa shape index (κ1) is 20.3. The van der Waals surface area contributed by atoms with E-state index < -0.39 is 29.1 Å². The molecule has 1 heterocycles. The van der Waals surface area contributed by atoms with Gasteiger partial charge in [-0.05, 0) is 64.7 Å². The van der Waals surface area contributed by atoms with Gasteiger partial charge in [0.05, 0.1) is 16.6 Å². The lowest BCUT2D eigenvalue weighted by Gasteiger charge is -2.30. The van der Waals surface area contributed by atoms with Gasteiger partial charge in [0.25, 0.3) is 0 Å². The number of rotatable bonds is 2. The molecule has 2 N–H and O–H groups in total. The number of ether oxygens (including phenoxy) is 1. The molecule has 28 heavy (non-hydrogen) atoms. The van der Waals surface area contributed by atoms with Crippen LogP contribution in [0.2, 0.25) is 0 Å². The van der Waals surface area contributed by atoms with Crippen LogP contribution in [0.1, 0.15) is 58.1 Å². The van der Waals surface area contributed by atoms with Crippen molar-refractivity contribution in [3.05, 3.63) is 34.2 Å². The summed E-state index contributed by atoms with van der Waals surface area (Å²) in [6, 6.07) is 3.10. The van der Waals surface area contributed by atoms with Crippen LogP contribution in [0.3, 0.4) is 0 Å². The smallest absolute Gasteiger partial charge is 0.416 e. The van der Waals surface area contributed by atoms with E-state index in [9.17, 15) is 22.8 Å². The number of H-pyrrole nitrogens is 1. The van der Waals surface area contributed by atoms with E-state index in [1.165, 1.54) is 10.6 Å². The molecule has 1 fully saturated rings. The summed E-state index contributed by atoms with van der Waals surface area (Å²) < 4.78 is 45.4. The molecule has 6 nitrogen and oxygen atoms in total. The van der Waals surface area contributed by atoms with Crippen LogP contribution in [0.5, 0.6) is 0 Å². The van der Waals surface area contributed by atoms with E-state index >= 15 is 0 Å². The molecule has 0 atom stereocenters. The molecule has 1 aromatic carbocycles. The quantitative estimate of drug-likeness (QED) is 0.788. The summed E-state index contributed by atoms with van der Waals surface area (Å²) in [5.74, 6) is 0. The first-order valence-electron chi connectivity index (χ1n) is 9.25. The third-order valence-corrected chi connectivity index (χ3v) is 4.83. The Balaban J connectivity index is 1.71. The van der Waals surface area contributed by atoms with Gasteiger partial charge in [-0.1, -0.05) is 0 Å². The zero-order valence-corrected chi connectivity index (χ0v) is 16.0. The van der Waals surface area contributed by atoms with Crippen LogP contribution in [-0.4, -0.2) is 27.3 Å². The number of amides is 1. The Morgan fingerprint density at radius 2 is 1.82 bits per heavy atom. The minimum Gasteiger partial charge on any atom is -0.444 e. The number of hydrogen-bond donors (Lipinski definition) is 2. The zero-order chi connectivity index (χ0) is 20.7. The Bertz CT molecular complexity index is 916. The number of fused-ring (bicyclic) bond motifs is 1. The monoisotopic (exact) mass is 399 g/mol. The Morgan fingerprint density at radius 1 is 1.18 bits per heavy atom. The molecule has 154 valence electrons. The minimum absolute atomic E-state index is 0.0520. The highest BCUT2D eigenvalue weighted by atomic mass is 19.4. The normalized spacial score (nSPS) is 20.9. The number of benzene rings is 1. The molecule has 1 saturated carbocycles. The third-order valence-electron chi connectivity index (χ3n) is 4.83. The number of carbonyl (C=O) groups excluding carboxylic acids is 1. The summed E-state index contributed by atoms with van der Waals surface area (Å²) in [6.45, 7) is 5.37. The predicted molar refractivity (Wildman–Crippen MR) is 98.2 cm³/mol. The fourth-order valence-electron chi connectivity index (χ4n) is 3.62. The number of aromatic nitrogens is 2. The van der Waals surface area contributed by atoms with Crippen molar-refractivity contribution < 1.29 is 22.7 Å². The SMILES string of the molecule is CC(C)(C)OC(=O)N[C@H]1CC[C@H](n2c(=O)[nH]c3cc(C(F)(F)F)ccc32)CC1. The van der Waals surface area contributed by atoms with Gasteiger partial charge in [-0.2, -0.15) is 13.2 Å². The highest BCUT2D eigenvalue weighted by Crippen LogP contribution is 2.33. The lowest BCUT2D eigenvalue weighted by Crippen LogP contribution is -2.41. The molecule has 9 heteroatoms. The van der Waals surface area contributed by atoms with Gasteiger partial charge < -0.3 is 15.0 Å². The molecule has 0 radical (unpaired) electrons. The fraction of sp³-hybridized carbons (Fsp3) is 0.579. The Labute approximate surface area is 160 Å². The number of imidazole rings is 1. The maximum Gasteiger partial charge on any atom is 0.416 e. The first-order chi connectivity index (χ1) is 12.9. The number of alkyl carbamates (subject to hydrolysis) is 1. The number of halogens is 3. The second kappa shape index (κ2) is 7.18. The number of nitrogens with one attached hydrogen (secondary N) is 2. The van der Waals surface area contributed by atoms with Crippen LogP contribution in [0.15, 0.2) is 23.0 Å². The second-order valence-corrected chi connectivity index (χ2v) is 8.18. The van der Waals surface area contributed by atoms with Gasteiger partial charge in [-0.3, -0.25) is 4.57 Å². The topological polar surface area (TPSA) is 76.1 Å². The van der Waals surface area contributed by atoms with Crippen molar-refractivity contribution in [2.45, 2.75) is 70.3 Å². The molecule has 0 bridgehead atoms. The van der Waals surface area contributed by atoms with Gasteiger partial charge in [-0.15, -0.1) is 0 Å². The molecule has 3 rings (SSSR count). The van der Waals surface area contributed by atoms with Crippen LogP contribution in [0, 0.1) is 0 Å². The van der Waals surface area contributed by atoms with Crippen LogP contribution < -0.4 is 11.0 Å². The van der Waals surface area contributed by atoms with Crippen LogP contribution in [0.4, 0.5) is 18.0 Å². The average Bonchev–Trinajstić information content (AvgIpc) is 2.88. The Kier molecular flexibility index (Phi) is 5.20. The molecular formula is C19H24F3N3O3. The molecule has 0 aliphatic heterocycles. The van der Waals surface area contributed by atoms with Crippen LogP contribution in [-0.2, 0) is 10.9 Å². The molecule has 1 aliphatic carbocycles. The maximum absolute atomic E-state index is 12.9. The molecule has 2 aromatic rings. The van der Waals surface area contributed by atoms with Gasteiger partial charge in [0.2, 0.25) is 0 Å². The van der Waals surface area contributed by atoms with Crippen molar-refractivity contribution in [2.75, 3.05) is 0 Å². The summed E-state index contributed by atoms with van der Waals surface area (Å²) in [7, 11) is 0. The van der Waals surface area contributed by atoms with Crippen molar-refractivity contribution >= 4 is 17.1 Å². The number of carbonyl (C=O) groups is 1. The van der Waals surface area contributed by atoms with Gasteiger partial charge >= 0.3 is 18.0 Å². The standard InChI is InChI=1S/C19H24F3N3O3/c1-18(2,3)28-17(27)23-12-5-7-13(8-6-12)25-15-9-4-11(19(20,21)22)10-14(15)24-16(25)26/h4,9-10,12-13H,5-8H2,1-3H3,(H,23,27)(H,24,26)/t12-,13-. The van der Waals surface area contributed by atoms with E-state index in [2.05, 4.69) is 10.3 Å². The Morgan fingerprint density at radius 3 is 2.39 bits per heavy atom. The summed E-state index contributed by atoms with van der Waals surface area (Å²) in [5, 5.41) is 2.84. The molecular weight excluding hydrogens is 375 g/mol. The number of alkyl halides is 3. The van der Waals surface area contributed by atoms with Crippen molar-refractivity contribution in [1.29, 1.82) is 0 Å². The molecule has 1 aliphatic rings. The summed E-state index contributed by atoms with van der Waals surface area (Å²) in [4.78, 5) is 26.8. The lowest BCUT2D eigenvalue weighted by atomic mass is 9.91. The molecule has 0 saturated heterocycles. The molecule has 0 unspecified atom stereocenters. The van der Waals surface area contributed by atoms with Crippen molar-refractivity contribution in [3.63, 3.8) is 0 Å². The summed E-state index contributed by atoms with van der Waals surface area (Å²) in [5.41, 5.74) is -1.15. The number of hydrogen-bond acceptors (Lipinski definition) is 3. The largest absolute Gasteiger partial charge is 0.444 e. The van der Waals surface area contributed by atoms with Gasteiger partial charge in [-0.25, -0.2) is 9.59 Å². The molecule has 1 amide bonds. The minimum atomic E-state index is -4.46. The van der Waals surface area contributed by atoms with Crippen LogP contribution >= 0.6 is 0 Å². The molecule has 1 aromatic heterocycles. The van der Waals surface area contributed by atoms with E-state index in [1.54, 1.807) is 20.8 Å². The highest BCUT2D eigenvalue weighted by molar-refractivity contribution is 5.76. The van der Waals surface area contributed by atoms with Crippen molar-refractivity contribution in [1.82, 2.24) is 14.9 Å². The van der Waals surface area contributed by atoms with Crippen molar-refractivity contribution in [3.8, 4) is 0 Å². The van der Waals surface area contributed by atoms with E-state index in [0.717, 1.165) is 12.1 Å². The number of aromatic amines is 1. The van der Waals surface area contributed by atoms with Gasteiger partial charge in [0.1, 0.15) is 5.60 Å². The average molecular weight is 399 g/mol. The second-order valence-electron chi connectivity index (χ2n) is 8.18. The van der Waals surface area contributed by atoms with E-state index in [1.807, 2.05) is 0 Å². The summed E-state index contributed by atoms with van der Waals surface area (Å²) in [6.07, 6.45) is -2.35. The maximum atomic E-state index is 12.9.